The lowest BCUT2D eigenvalue weighted by Gasteiger charge is -2.17. The maximum atomic E-state index is 5.60. The molecule has 1 N–H and O–H groups in total. The van der Waals surface area contributed by atoms with Crippen LogP contribution in [0.1, 0.15) is 27.7 Å². The van der Waals surface area contributed by atoms with Crippen LogP contribution in [0.3, 0.4) is 0 Å². The lowest BCUT2D eigenvalue weighted by atomic mass is 10.2. The van der Waals surface area contributed by atoms with Crippen LogP contribution in [0.15, 0.2) is 18.2 Å². The molecule has 0 amide bonds. The molecule has 0 aliphatic rings. The Morgan fingerprint density at radius 3 is 2.32 bits per heavy atom. The number of hydrogen-bond acceptors (Lipinski definition) is 4. The van der Waals surface area contributed by atoms with Crippen LogP contribution in [0, 0.1) is 0 Å². The summed E-state index contributed by atoms with van der Waals surface area (Å²) in [6.07, 6.45) is 0. The Morgan fingerprint density at radius 2 is 1.68 bits per heavy atom. The van der Waals surface area contributed by atoms with E-state index in [1.807, 2.05) is 39.0 Å². The maximum Gasteiger partial charge on any atom is 0.163 e. The van der Waals surface area contributed by atoms with Gasteiger partial charge in [0.15, 0.2) is 11.5 Å². The fourth-order valence-electron chi connectivity index (χ4n) is 1.76. The zero-order valence-electron chi connectivity index (χ0n) is 12.4. The van der Waals surface area contributed by atoms with Gasteiger partial charge in [0.25, 0.3) is 0 Å². The van der Waals surface area contributed by atoms with Crippen LogP contribution >= 0.6 is 0 Å². The zero-order valence-corrected chi connectivity index (χ0v) is 12.4. The van der Waals surface area contributed by atoms with Gasteiger partial charge in [-0.15, -0.1) is 0 Å². The van der Waals surface area contributed by atoms with Crippen LogP contribution in [0.25, 0.3) is 0 Å². The van der Waals surface area contributed by atoms with E-state index in [2.05, 4.69) is 12.2 Å². The minimum Gasteiger partial charge on any atom is -0.490 e. The third-order valence-corrected chi connectivity index (χ3v) is 2.53. The van der Waals surface area contributed by atoms with E-state index in [1.165, 1.54) is 0 Å². The van der Waals surface area contributed by atoms with Crippen LogP contribution in [0.4, 0.5) is 5.69 Å². The molecule has 0 saturated heterocycles. The lowest BCUT2D eigenvalue weighted by Crippen LogP contribution is -2.21. The van der Waals surface area contributed by atoms with Crippen LogP contribution < -0.4 is 14.8 Å². The van der Waals surface area contributed by atoms with Crippen molar-refractivity contribution >= 4 is 5.69 Å². The largest absolute Gasteiger partial charge is 0.490 e. The first-order valence-electron chi connectivity index (χ1n) is 6.95. The quantitative estimate of drug-likeness (QED) is 0.745. The van der Waals surface area contributed by atoms with Gasteiger partial charge in [-0.05, 0) is 39.8 Å². The second kappa shape index (κ2) is 8.64. The first kappa shape index (κ1) is 15.6. The summed E-state index contributed by atoms with van der Waals surface area (Å²) in [5.74, 6) is 1.56. The first-order chi connectivity index (χ1) is 9.21. The average molecular weight is 267 g/mol. The molecule has 1 aromatic rings. The van der Waals surface area contributed by atoms with Crippen LogP contribution in [0.5, 0.6) is 11.5 Å². The molecular weight excluding hydrogens is 242 g/mol. The van der Waals surface area contributed by atoms with E-state index in [4.69, 9.17) is 14.2 Å². The van der Waals surface area contributed by atoms with Crippen molar-refractivity contribution < 1.29 is 14.2 Å². The molecule has 108 valence electrons. The summed E-state index contributed by atoms with van der Waals surface area (Å²) >= 11 is 0. The SMILES string of the molecule is CCOCC(C)Nc1ccc(OCC)c(OCC)c1. The van der Waals surface area contributed by atoms with E-state index in [0.29, 0.717) is 19.8 Å². The molecule has 4 heteroatoms. The Morgan fingerprint density at radius 1 is 1.00 bits per heavy atom. The Bertz CT molecular complexity index is 368. The van der Waals surface area contributed by atoms with Crippen molar-refractivity contribution in [2.75, 3.05) is 31.7 Å². The number of ether oxygens (including phenoxy) is 3. The number of anilines is 1. The second-order valence-corrected chi connectivity index (χ2v) is 4.23. The van der Waals surface area contributed by atoms with E-state index in [0.717, 1.165) is 23.8 Å². The van der Waals surface area contributed by atoms with Gasteiger partial charge in [-0.25, -0.2) is 0 Å². The zero-order chi connectivity index (χ0) is 14.1. The van der Waals surface area contributed by atoms with Gasteiger partial charge in [0, 0.05) is 24.4 Å². The molecule has 1 unspecified atom stereocenters. The van der Waals surface area contributed by atoms with Crippen LogP contribution in [-0.2, 0) is 4.74 Å². The van der Waals surface area contributed by atoms with E-state index in [9.17, 15) is 0 Å². The summed E-state index contributed by atoms with van der Waals surface area (Å²) < 4.78 is 16.5. The molecule has 4 nitrogen and oxygen atoms in total. The third-order valence-electron chi connectivity index (χ3n) is 2.53. The molecule has 0 radical (unpaired) electrons. The summed E-state index contributed by atoms with van der Waals surface area (Å²) in [4.78, 5) is 0. The van der Waals surface area contributed by atoms with Crippen molar-refractivity contribution in [2.45, 2.75) is 33.7 Å². The molecule has 0 fully saturated rings. The van der Waals surface area contributed by atoms with Gasteiger partial charge >= 0.3 is 0 Å². The molecule has 1 aromatic carbocycles. The van der Waals surface area contributed by atoms with Crippen molar-refractivity contribution in [3.63, 3.8) is 0 Å². The fourth-order valence-corrected chi connectivity index (χ4v) is 1.76. The topological polar surface area (TPSA) is 39.7 Å². The minimum atomic E-state index is 0.257. The Balaban J connectivity index is 2.71. The monoisotopic (exact) mass is 267 g/mol. The van der Waals surface area contributed by atoms with Crippen LogP contribution in [0.2, 0.25) is 0 Å². The molecule has 19 heavy (non-hydrogen) atoms. The third kappa shape index (κ3) is 5.39. The van der Waals surface area contributed by atoms with Crippen molar-refractivity contribution in [3.05, 3.63) is 18.2 Å². The van der Waals surface area contributed by atoms with E-state index in [1.54, 1.807) is 0 Å². The number of rotatable bonds is 9. The highest BCUT2D eigenvalue weighted by atomic mass is 16.5. The molecular formula is C15H25NO3. The number of hydrogen-bond donors (Lipinski definition) is 1. The number of nitrogens with one attached hydrogen (secondary N) is 1. The molecule has 1 rings (SSSR count). The van der Waals surface area contributed by atoms with Gasteiger partial charge in [0.05, 0.1) is 19.8 Å². The highest BCUT2D eigenvalue weighted by Crippen LogP contribution is 2.30. The van der Waals surface area contributed by atoms with E-state index >= 15 is 0 Å². The normalized spacial score (nSPS) is 12.0. The molecule has 0 bridgehead atoms. The van der Waals surface area contributed by atoms with Gasteiger partial charge in [0.1, 0.15) is 0 Å². The molecule has 0 aromatic heterocycles. The van der Waals surface area contributed by atoms with Gasteiger partial charge in [-0.3, -0.25) is 0 Å². The highest BCUT2D eigenvalue weighted by Gasteiger charge is 2.08. The smallest absolute Gasteiger partial charge is 0.163 e. The van der Waals surface area contributed by atoms with Crippen LogP contribution in [-0.4, -0.2) is 32.5 Å². The average Bonchev–Trinajstić information content (AvgIpc) is 2.40. The highest BCUT2D eigenvalue weighted by molar-refractivity contribution is 5.55. The number of benzene rings is 1. The van der Waals surface area contributed by atoms with Crippen molar-refractivity contribution in [1.82, 2.24) is 0 Å². The molecule has 0 aliphatic heterocycles. The summed E-state index contributed by atoms with van der Waals surface area (Å²) in [6, 6.07) is 6.16. The fraction of sp³-hybridized carbons (Fsp3) is 0.600. The van der Waals surface area contributed by atoms with E-state index < -0.39 is 0 Å². The van der Waals surface area contributed by atoms with Gasteiger partial charge in [0.2, 0.25) is 0 Å². The summed E-state index contributed by atoms with van der Waals surface area (Å²) in [5.41, 5.74) is 1.01. The van der Waals surface area contributed by atoms with Gasteiger partial charge < -0.3 is 19.5 Å². The van der Waals surface area contributed by atoms with Crippen molar-refractivity contribution in [3.8, 4) is 11.5 Å². The second-order valence-electron chi connectivity index (χ2n) is 4.23. The summed E-state index contributed by atoms with van der Waals surface area (Å²) in [6.45, 7) is 10.7. The Kier molecular flexibility index (Phi) is 7.11. The Hall–Kier alpha value is -1.42. The molecule has 1 atom stereocenters. The summed E-state index contributed by atoms with van der Waals surface area (Å²) in [5, 5.41) is 3.38. The van der Waals surface area contributed by atoms with E-state index in [-0.39, 0.29) is 6.04 Å². The molecule has 0 aliphatic carbocycles. The standard InChI is InChI=1S/C15H25NO3/c1-5-17-11-12(4)16-13-8-9-14(18-6-2)15(10-13)19-7-3/h8-10,12,16H,5-7,11H2,1-4H3. The van der Waals surface area contributed by atoms with Crippen molar-refractivity contribution in [1.29, 1.82) is 0 Å². The van der Waals surface area contributed by atoms with Crippen molar-refractivity contribution in [2.24, 2.45) is 0 Å². The predicted molar refractivity (Wildman–Crippen MR) is 78.4 cm³/mol. The summed E-state index contributed by atoms with van der Waals surface area (Å²) in [7, 11) is 0. The Labute approximate surface area is 116 Å². The lowest BCUT2D eigenvalue weighted by molar-refractivity contribution is 0.141. The molecule has 0 saturated carbocycles. The van der Waals surface area contributed by atoms with Gasteiger partial charge in [-0.1, -0.05) is 0 Å². The molecule has 0 spiro atoms. The first-order valence-corrected chi connectivity index (χ1v) is 6.95. The molecule has 0 heterocycles. The van der Waals surface area contributed by atoms with Gasteiger partial charge in [-0.2, -0.15) is 0 Å². The predicted octanol–water partition coefficient (Wildman–Crippen LogP) is 3.32. The minimum absolute atomic E-state index is 0.257. The maximum absolute atomic E-state index is 5.60.